The van der Waals surface area contributed by atoms with Crippen molar-refractivity contribution < 1.29 is 29.1 Å². The third kappa shape index (κ3) is 11.4. The Balaban J connectivity index is 3.02. The zero-order valence-electron chi connectivity index (χ0n) is 21.4. The van der Waals surface area contributed by atoms with E-state index in [0.717, 1.165) is 0 Å². The molecule has 0 aliphatic rings. The number of H-pyrrole nitrogens is 1. The van der Waals surface area contributed by atoms with E-state index in [1.807, 2.05) is 13.8 Å². The highest BCUT2D eigenvalue weighted by Crippen LogP contribution is 2.09. The van der Waals surface area contributed by atoms with Crippen molar-refractivity contribution in [1.82, 2.24) is 25.9 Å². The molecule has 0 fully saturated rings. The summed E-state index contributed by atoms with van der Waals surface area (Å²) < 4.78 is 0. The number of nitrogens with zero attached hydrogens (tertiary/aromatic N) is 1. The third-order valence-electron chi connectivity index (χ3n) is 6.05. The summed E-state index contributed by atoms with van der Waals surface area (Å²) >= 11 is 0. The molecule has 0 saturated carbocycles. The van der Waals surface area contributed by atoms with Crippen LogP contribution in [0.1, 0.15) is 58.1 Å². The number of aromatic nitrogens is 2. The number of aliphatic carboxylic acids is 1. The molecule has 4 amide bonds. The van der Waals surface area contributed by atoms with Gasteiger partial charge in [0.2, 0.25) is 23.6 Å². The van der Waals surface area contributed by atoms with Gasteiger partial charge in [-0.3, -0.25) is 19.2 Å². The smallest absolute Gasteiger partial charge is 0.326 e. The highest BCUT2D eigenvalue weighted by atomic mass is 16.4. The number of carbonyl (C=O) groups is 5. The van der Waals surface area contributed by atoms with Crippen LogP contribution in [0.5, 0.6) is 0 Å². The molecule has 0 aliphatic carbocycles. The standard InChI is InChI=1S/C23H40N8O6/c1-3-13(2)19(26)22(35)30-15(6-4-5-9-24)20(33)29-16(7-8-18(25)32)21(34)31-17(23(36)37)10-14-11-27-12-28-14/h11-13,15-17,19H,3-10,24,26H2,1-2H3,(H2,25,32)(H,27,28)(H,29,33)(H,30,35)(H,31,34)(H,36,37). The fraction of sp³-hybridized carbons (Fsp3) is 0.652. The van der Waals surface area contributed by atoms with Gasteiger partial charge < -0.3 is 43.2 Å². The largest absolute Gasteiger partial charge is 0.480 e. The minimum Gasteiger partial charge on any atom is -0.480 e. The molecule has 208 valence electrons. The minimum absolute atomic E-state index is 0.0805. The molecule has 0 radical (unpaired) electrons. The monoisotopic (exact) mass is 524 g/mol. The molecule has 5 unspecified atom stereocenters. The van der Waals surface area contributed by atoms with E-state index in [1.165, 1.54) is 12.5 Å². The number of hydrogen-bond acceptors (Lipinski definition) is 8. The summed E-state index contributed by atoms with van der Waals surface area (Å²) in [6.07, 6.45) is 4.35. The Morgan fingerprint density at radius 3 is 2.11 bits per heavy atom. The van der Waals surface area contributed by atoms with Crippen LogP contribution in [0.2, 0.25) is 0 Å². The van der Waals surface area contributed by atoms with Crippen molar-refractivity contribution in [3.63, 3.8) is 0 Å². The highest BCUT2D eigenvalue weighted by Gasteiger charge is 2.31. The van der Waals surface area contributed by atoms with Gasteiger partial charge in [0.25, 0.3) is 0 Å². The van der Waals surface area contributed by atoms with Gasteiger partial charge in [-0.15, -0.1) is 0 Å². The Morgan fingerprint density at radius 1 is 1.00 bits per heavy atom. The van der Waals surface area contributed by atoms with E-state index < -0.39 is 53.8 Å². The molecule has 1 aromatic heterocycles. The quantitative estimate of drug-likeness (QED) is 0.101. The summed E-state index contributed by atoms with van der Waals surface area (Å²) in [6.45, 7) is 4.10. The zero-order valence-corrected chi connectivity index (χ0v) is 21.4. The van der Waals surface area contributed by atoms with Crippen molar-refractivity contribution in [2.24, 2.45) is 23.1 Å². The second kappa shape index (κ2) is 16.3. The molecule has 0 aliphatic heterocycles. The van der Waals surface area contributed by atoms with Crippen LogP contribution in [0.25, 0.3) is 0 Å². The van der Waals surface area contributed by atoms with Gasteiger partial charge in [0, 0.05) is 24.7 Å². The van der Waals surface area contributed by atoms with Gasteiger partial charge in [0.1, 0.15) is 18.1 Å². The van der Waals surface area contributed by atoms with Gasteiger partial charge in [0.05, 0.1) is 12.4 Å². The maximum absolute atomic E-state index is 13.1. The molecular weight excluding hydrogens is 484 g/mol. The number of imidazole rings is 1. The topological polar surface area (TPSA) is 248 Å². The first kappa shape index (κ1) is 31.5. The van der Waals surface area contributed by atoms with Crippen LogP contribution in [0.4, 0.5) is 0 Å². The van der Waals surface area contributed by atoms with Crippen molar-refractivity contribution in [3.05, 3.63) is 18.2 Å². The number of carboxylic acid groups (broad SMARTS) is 1. The first-order valence-electron chi connectivity index (χ1n) is 12.3. The second-order valence-corrected chi connectivity index (χ2v) is 9.00. The summed E-state index contributed by atoms with van der Waals surface area (Å²) in [5, 5.41) is 17.1. The molecule has 0 bridgehead atoms. The Kier molecular flexibility index (Phi) is 13.9. The lowest BCUT2D eigenvalue weighted by molar-refractivity contribution is -0.142. The lowest BCUT2D eigenvalue weighted by atomic mass is 9.98. The van der Waals surface area contributed by atoms with Gasteiger partial charge in [-0.05, 0) is 38.1 Å². The van der Waals surface area contributed by atoms with E-state index in [9.17, 15) is 29.1 Å². The van der Waals surface area contributed by atoms with Crippen LogP contribution in [-0.2, 0) is 30.4 Å². The molecule has 0 spiro atoms. The van der Waals surface area contributed by atoms with Crippen molar-refractivity contribution >= 4 is 29.6 Å². The van der Waals surface area contributed by atoms with Crippen molar-refractivity contribution in [2.75, 3.05) is 6.54 Å². The molecule has 37 heavy (non-hydrogen) atoms. The number of nitrogens with two attached hydrogens (primary N) is 3. The normalized spacial score (nSPS) is 15.0. The van der Waals surface area contributed by atoms with Gasteiger partial charge in [-0.2, -0.15) is 0 Å². The number of primary amides is 1. The van der Waals surface area contributed by atoms with Crippen LogP contribution in [0.3, 0.4) is 0 Å². The molecule has 14 nitrogen and oxygen atoms in total. The fourth-order valence-corrected chi connectivity index (χ4v) is 3.46. The lowest BCUT2D eigenvalue weighted by Gasteiger charge is -2.26. The molecule has 1 rings (SSSR count). The molecule has 5 atom stereocenters. The lowest BCUT2D eigenvalue weighted by Crippen LogP contribution is -2.57. The summed E-state index contributed by atoms with van der Waals surface area (Å²) in [5.41, 5.74) is 17.2. The summed E-state index contributed by atoms with van der Waals surface area (Å²) in [6, 6.07) is -4.45. The van der Waals surface area contributed by atoms with Crippen molar-refractivity contribution in [3.8, 4) is 0 Å². The Hall–Kier alpha value is -3.52. The van der Waals surface area contributed by atoms with E-state index in [-0.39, 0.29) is 31.6 Å². The number of carbonyl (C=O) groups excluding carboxylic acids is 4. The maximum Gasteiger partial charge on any atom is 0.326 e. The minimum atomic E-state index is -1.32. The number of nitrogens with one attached hydrogen (secondary N) is 4. The summed E-state index contributed by atoms with van der Waals surface area (Å²) in [5.74, 6) is -4.12. The predicted molar refractivity (Wildman–Crippen MR) is 134 cm³/mol. The van der Waals surface area contributed by atoms with Crippen LogP contribution >= 0.6 is 0 Å². The fourth-order valence-electron chi connectivity index (χ4n) is 3.46. The van der Waals surface area contributed by atoms with Crippen molar-refractivity contribution in [2.45, 2.75) is 83.0 Å². The van der Waals surface area contributed by atoms with Crippen LogP contribution in [0.15, 0.2) is 12.5 Å². The number of carboxylic acids is 1. The molecule has 0 aromatic carbocycles. The zero-order chi connectivity index (χ0) is 28.0. The Bertz CT molecular complexity index is 894. The van der Waals surface area contributed by atoms with E-state index in [0.29, 0.717) is 31.5 Å². The van der Waals surface area contributed by atoms with E-state index in [4.69, 9.17) is 17.2 Å². The molecular formula is C23H40N8O6. The molecule has 1 aromatic rings. The summed E-state index contributed by atoms with van der Waals surface area (Å²) in [7, 11) is 0. The highest BCUT2D eigenvalue weighted by molar-refractivity contribution is 5.94. The van der Waals surface area contributed by atoms with Crippen molar-refractivity contribution in [1.29, 1.82) is 0 Å². The van der Waals surface area contributed by atoms with Crippen LogP contribution in [-0.4, -0.2) is 75.4 Å². The molecule has 14 heteroatoms. The van der Waals surface area contributed by atoms with Gasteiger partial charge in [0.15, 0.2) is 0 Å². The number of amides is 4. The van der Waals surface area contributed by atoms with E-state index in [1.54, 1.807) is 0 Å². The number of rotatable bonds is 18. The first-order chi connectivity index (χ1) is 17.5. The second-order valence-electron chi connectivity index (χ2n) is 9.00. The molecule has 0 saturated heterocycles. The maximum atomic E-state index is 13.1. The average Bonchev–Trinajstić information content (AvgIpc) is 3.37. The Morgan fingerprint density at radius 2 is 1.59 bits per heavy atom. The number of hydrogen-bond donors (Lipinski definition) is 8. The number of unbranched alkanes of at least 4 members (excludes halogenated alkanes) is 1. The van der Waals surface area contributed by atoms with E-state index >= 15 is 0 Å². The SMILES string of the molecule is CCC(C)C(N)C(=O)NC(CCCCN)C(=O)NC(CCC(N)=O)C(=O)NC(Cc1cnc[nH]1)C(=O)O. The molecule has 11 N–H and O–H groups in total. The van der Waals surface area contributed by atoms with Crippen LogP contribution < -0.4 is 33.2 Å². The Labute approximate surface area is 215 Å². The van der Waals surface area contributed by atoms with Gasteiger partial charge >= 0.3 is 5.97 Å². The first-order valence-corrected chi connectivity index (χ1v) is 12.3. The summed E-state index contributed by atoms with van der Waals surface area (Å²) in [4.78, 5) is 68.4. The van der Waals surface area contributed by atoms with E-state index in [2.05, 4.69) is 25.9 Å². The predicted octanol–water partition coefficient (Wildman–Crippen LogP) is -1.74. The number of aromatic amines is 1. The average molecular weight is 525 g/mol. The van der Waals surface area contributed by atoms with Gasteiger partial charge in [-0.25, -0.2) is 9.78 Å². The molecule has 1 heterocycles. The van der Waals surface area contributed by atoms with Gasteiger partial charge in [-0.1, -0.05) is 20.3 Å². The third-order valence-corrected chi connectivity index (χ3v) is 6.05. The van der Waals surface area contributed by atoms with Crippen LogP contribution in [0, 0.1) is 5.92 Å².